The van der Waals surface area contributed by atoms with Crippen LogP contribution in [0.1, 0.15) is 52.5 Å². The van der Waals surface area contributed by atoms with Gasteiger partial charge < -0.3 is 20.5 Å². The molecule has 0 fully saturated rings. The van der Waals surface area contributed by atoms with Gasteiger partial charge in [0.2, 0.25) is 11.8 Å². The number of phenolic OH excluding ortho intramolecular Hbond substituents is 1. The zero-order valence-electron chi connectivity index (χ0n) is 17.2. The van der Waals surface area contributed by atoms with E-state index in [9.17, 15) is 19.5 Å². The molecule has 0 saturated heterocycles. The van der Waals surface area contributed by atoms with E-state index in [1.807, 2.05) is 20.8 Å². The molecule has 0 aliphatic rings. The molecule has 2 unspecified atom stereocenters. The molecule has 0 bridgehead atoms. The Hall–Kier alpha value is -2.57. The quantitative estimate of drug-likeness (QED) is 0.396. The van der Waals surface area contributed by atoms with Crippen LogP contribution in [0.15, 0.2) is 24.3 Å². The van der Waals surface area contributed by atoms with Crippen molar-refractivity contribution < 1.29 is 24.2 Å². The lowest BCUT2D eigenvalue weighted by Crippen LogP contribution is -2.52. The fraction of sp³-hybridized carbons (Fsp3) is 0.571. The van der Waals surface area contributed by atoms with Crippen LogP contribution in [-0.4, -0.2) is 41.6 Å². The molecule has 28 heavy (non-hydrogen) atoms. The zero-order valence-corrected chi connectivity index (χ0v) is 17.2. The Balaban J connectivity index is 2.85. The lowest BCUT2D eigenvalue weighted by atomic mass is 10.0. The Morgan fingerprint density at radius 2 is 1.71 bits per heavy atom. The summed E-state index contributed by atoms with van der Waals surface area (Å²) < 4.78 is 5.27. The highest BCUT2D eigenvalue weighted by Gasteiger charge is 2.28. The molecule has 7 heteroatoms. The average molecular weight is 392 g/mol. The fourth-order valence-corrected chi connectivity index (χ4v) is 2.70. The number of hydrogen-bond donors (Lipinski definition) is 3. The molecule has 1 aromatic carbocycles. The van der Waals surface area contributed by atoms with E-state index < -0.39 is 24.0 Å². The maximum Gasteiger partial charge on any atom is 0.328 e. The van der Waals surface area contributed by atoms with Crippen molar-refractivity contribution in [3.8, 4) is 5.75 Å². The zero-order chi connectivity index (χ0) is 21.1. The number of carbonyl (C=O) groups excluding carboxylic acids is 3. The predicted molar refractivity (Wildman–Crippen MR) is 107 cm³/mol. The van der Waals surface area contributed by atoms with Crippen molar-refractivity contribution in [3.63, 3.8) is 0 Å². The first kappa shape index (κ1) is 23.5. The van der Waals surface area contributed by atoms with Crippen molar-refractivity contribution in [2.75, 3.05) is 6.61 Å². The van der Waals surface area contributed by atoms with Crippen LogP contribution in [0.5, 0.6) is 5.75 Å². The summed E-state index contributed by atoms with van der Waals surface area (Å²) in [6, 6.07) is 4.81. The van der Waals surface area contributed by atoms with Gasteiger partial charge >= 0.3 is 5.97 Å². The van der Waals surface area contributed by atoms with Crippen LogP contribution in [0, 0.1) is 5.92 Å². The number of phenols is 1. The summed E-state index contributed by atoms with van der Waals surface area (Å²) in [6.45, 7) is 7.58. The van der Waals surface area contributed by atoms with Crippen molar-refractivity contribution in [3.05, 3.63) is 29.8 Å². The van der Waals surface area contributed by atoms with Gasteiger partial charge in [0.1, 0.15) is 17.8 Å². The molecular formula is C21H32N2O5. The second kappa shape index (κ2) is 12.0. The monoisotopic (exact) mass is 392 g/mol. The molecule has 7 nitrogen and oxygen atoms in total. The lowest BCUT2D eigenvalue weighted by molar-refractivity contribution is -0.148. The molecule has 0 aliphatic heterocycles. The number of unbranched alkanes of at least 4 members (excludes halogenated alkanes) is 1. The first-order valence-corrected chi connectivity index (χ1v) is 9.74. The van der Waals surface area contributed by atoms with Gasteiger partial charge in [-0.05, 0) is 36.5 Å². The smallest absolute Gasteiger partial charge is 0.328 e. The van der Waals surface area contributed by atoms with Crippen molar-refractivity contribution >= 4 is 17.8 Å². The molecular weight excluding hydrogens is 360 g/mol. The molecule has 0 saturated carbocycles. The topological polar surface area (TPSA) is 105 Å². The standard InChI is InChI=1S/C21H32N2O5/c1-5-6-11-28-21(27)19(12-14(2)3)23-20(26)18(22-15(4)24)13-16-7-9-17(25)10-8-16/h7-10,14,18-19,25H,5-6,11-13H2,1-4H3,(H,22,24)(H,23,26). The van der Waals surface area contributed by atoms with Gasteiger partial charge in [0.25, 0.3) is 0 Å². The van der Waals surface area contributed by atoms with Gasteiger partial charge in [-0.2, -0.15) is 0 Å². The van der Waals surface area contributed by atoms with Gasteiger partial charge in [-0.1, -0.05) is 39.3 Å². The maximum atomic E-state index is 12.8. The number of carbonyl (C=O) groups is 3. The van der Waals surface area contributed by atoms with Crippen LogP contribution in [0.3, 0.4) is 0 Å². The van der Waals surface area contributed by atoms with Gasteiger partial charge in [0.05, 0.1) is 6.61 Å². The summed E-state index contributed by atoms with van der Waals surface area (Å²) in [6.07, 6.45) is 2.36. The Morgan fingerprint density at radius 1 is 1.07 bits per heavy atom. The lowest BCUT2D eigenvalue weighted by Gasteiger charge is -2.23. The largest absolute Gasteiger partial charge is 0.508 e. The van der Waals surface area contributed by atoms with Crippen LogP contribution in [-0.2, 0) is 25.5 Å². The Kier molecular flexibility index (Phi) is 10.1. The number of esters is 1. The van der Waals surface area contributed by atoms with Crippen molar-refractivity contribution in [1.29, 1.82) is 0 Å². The van der Waals surface area contributed by atoms with E-state index in [0.717, 1.165) is 18.4 Å². The molecule has 0 radical (unpaired) electrons. The number of ether oxygens (including phenoxy) is 1. The SMILES string of the molecule is CCCCOC(=O)C(CC(C)C)NC(=O)C(Cc1ccc(O)cc1)NC(C)=O. The van der Waals surface area contributed by atoms with Gasteiger partial charge in [-0.25, -0.2) is 4.79 Å². The summed E-state index contributed by atoms with van der Waals surface area (Å²) in [4.78, 5) is 36.7. The molecule has 1 rings (SSSR count). The third-order valence-corrected chi connectivity index (χ3v) is 4.12. The van der Waals surface area contributed by atoms with Crippen LogP contribution in [0.25, 0.3) is 0 Å². The molecule has 156 valence electrons. The normalized spacial score (nSPS) is 12.9. The van der Waals surface area contributed by atoms with Crippen LogP contribution < -0.4 is 10.6 Å². The van der Waals surface area contributed by atoms with Gasteiger partial charge in [-0.3, -0.25) is 9.59 Å². The first-order chi connectivity index (χ1) is 13.2. The van der Waals surface area contributed by atoms with Crippen molar-refractivity contribution in [2.45, 2.75) is 65.5 Å². The van der Waals surface area contributed by atoms with E-state index in [2.05, 4.69) is 10.6 Å². The van der Waals surface area contributed by atoms with E-state index in [4.69, 9.17) is 4.74 Å². The average Bonchev–Trinajstić information content (AvgIpc) is 2.61. The highest BCUT2D eigenvalue weighted by molar-refractivity contribution is 5.90. The number of benzene rings is 1. The van der Waals surface area contributed by atoms with Crippen LogP contribution in [0.4, 0.5) is 0 Å². The third-order valence-electron chi connectivity index (χ3n) is 4.12. The second-order valence-electron chi connectivity index (χ2n) is 7.34. The maximum absolute atomic E-state index is 12.8. The van der Waals surface area contributed by atoms with E-state index in [1.54, 1.807) is 12.1 Å². The van der Waals surface area contributed by atoms with Gasteiger partial charge in [-0.15, -0.1) is 0 Å². The van der Waals surface area contributed by atoms with Crippen LogP contribution in [0.2, 0.25) is 0 Å². The van der Waals surface area contributed by atoms with E-state index in [0.29, 0.717) is 13.0 Å². The Morgan fingerprint density at radius 3 is 2.25 bits per heavy atom. The van der Waals surface area contributed by atoms with Gasteiger partial charge in [0.15, 0.2) is 0 Å². The number of aromatic hydroxyl groups is 1. The first-order valence-electron chi connectivity index (χ1n) is 9.74. The fourth-order valence-electron chi connectivity index (χ4n) is 2.70. The summed E-state index contributed by atoms with van der Waals surface area (Å²) in [5.41, 5.74) is 0.776. The van der Waals surface area contributed by atoms with Crippen LogP contribution >= 0.6 is 0 Å². The summed E-state index contributed by atoms with van der Waals surface area (Å²) in [7, 11) is 0. The van der Waals surface area contributed by atoms with Gasteiger partial charge in [0, 0.05) is 13.3 Å². The highest BCUT2D eigenvalue weighted by atomic mass is 16.5. The van der Waals surface area contributed by atoms with Crippen molar-refractivity contribution in [2.24, 2.45) is 5.92 Å². The molecule has 3 N–H and O–H groups in total. The summed E-state index contributed by atoms with van der Waals surface area (Å²) in [5.74, 6) is -0.940. The van der Waals surface area contributed by atoms with E-state index >= 15 is 0 Å². The molecule has 1 aromatic rings. The minimum atomic E-state index is -0.833. The van der Waals surface area contributed by atoms with E-state index in [1.165, 1.54) is 19.1 Å². The van der Waals surface area contributed by atoms with E-state index in [-0.39, 0.29) is 24.0 Å². The summed E-state index contributed by atoms with van der Waals surface area (Å²) >= 11 is 0. The molecule has 2 atom stereocenters. The minimum absolute atomic E-state index is 0.121. The molecule has 0 heterocycles. The molecule has 0 aromatic heterocycles. The third kappa shape index (κ3) is 8.88. The molecule has 2 amide bonds. The number of amides is 2. The number of nitrogens with one attached hydrogen (secondary N) is 2. The second-order valence-corrected chi connectivity index (χ2v) is 7.34. The summed E-state index contributed by atoms with van der Waals surface area (Å²) in [5, 5.41) is 14.8. The number of rotatable bonds is 11. The molecule has 0 spiro atoms. The highest BCUT2D eigenvalue weighted by Crippen LogP contribution is 2.12. The Bertz CT molecular complexity index is 643. The molecule has 0 aliphatic carbocycles. The minimum Gasteiger partial charge on any atom is -0.508 e. The number of hydrogen-bond acceptors (Lipinski definition) is 5. The predicted octanol–water partition coefficient (Wildman–Crippen LogP) is 2.31. The Labute approximate surface area is 166 Å². The van der Waals surface area contributed by atoms with Crippen molar-refractivity contribution in [1.82, 2.24) is 10.6 Å².